The SMILES string of the molecule is Cc1cc(-c2nc(NC3CCOCC3NC(=O)OC(C)(C)C)c(F)c3c2C(=O)N(C(=O)OC(C)(C)C)C3)sn1. The lowest BCUT2D eigenvalue weighted by atomic mass is 10.0. The fourth-order valence-corrected chi connectivity index (χ4v) is 5.01. The van der Waals surface area contributed by atoms with Gasteiger partial charge < -0.3 is 24.8 Å². The van der Waals surface area contributed by atoms with Gasteiger partial charge in [-0.25, -0.2) is 23.9 Å². The standard InChI is InChI=1S/C26H34FN5O6S/c1-13-10-17(39-31-13)20-18-14(11-32(22(18)33)24(35)38-26(5,6)7)19(27)21(30-20)28-15-8-9-36-12-16(15)29-23(34)37-25(2,3)4/h10,15-16H,8-9,11-12H2,1-7H3,(H,28,30)(H,29,34). The van der Waals surface area contributed by atoms with Gasteiger partial charge in [-0.05, 0) is 72.5 Å². The van der Waals surface area contributed by atoms with Crippen LogP contribution in [0.25, 0.3) is 10.6 Å². The largest absolute Gasteiger partial charge is 0.444 e. The molecule has 2 atom stereocenters. The number of nitrogens with one attached hydrogen (secondary N) is 2. The molecule has 2 aliphatic heterocycles. The Labute approximate surface area is 230 Å². The van der Waals surface area contributed by atoms with Crippen molar-refractivity contribution >= 4 is 35.4 Å². The van der Waals surface area contributed by atoms with Crippen molar-refractivity contribution < 1.29 is 33.0 Å². The first-order valence-electron chi connectivity index (χ1n) is 12.7. The predicted octanol–water partition coefficient (Wildman–Crippen LogP) is 4.64. The molecular formula is C26H34FN5O6S. The zero-order valence-electron chi connectivity index (χ0n) is 23.1. The topological polar surface area (TPSA) is 132 Å². The number of amides is 3. The Hall–Kier alpha value is -3.32. The van der Waals surface area contributed by atoms with E-state index < -0.39 is 47.2 Å². The van der Waals surface area contributed by atoms with Gasteiger partial charge in [0.15, 0.2) is 11.6 Å². The molecule has 39 heavy (non-hydrogen) atoms. The summed E-state index contributed by atoms with van der Waals surface area (Å²) >= 11 is 1.12. The number of fused-ring (bicyclic) bond motifs is 1. The van der Waals surface area contributed by atoms with E-state index in [9.17, 15) is 14.4 Å². The van der Waals surface area contributed by atoms with Crippen LogP contribution in [0.5, 0.6) is 0 Å². The van der Waals surface area contributed by atoms with Gasteiger partial charge in [-0.3, -0.25) is 4.79 Å². The predicted molar refractivity (Wildman–Crippen MR) is 142 cm³/mol. The molecule has 0 aromatic carbocycles. The van der Waals surface area contributed by atoms with Crippen LogP contribution >= 0.6 is 11.5 Å². The third kappa shape index (κ3) is 6.64. The zero-order valence-corrected chi connectivity index (χ0v) is 24.0. The Morgan fingerprint density at radius 2 is 1.85 bits per heavy atom. The number of imide groups is 1. The molecule has 2 unspecified atom stereocenters. The number of aryl methyl sites for hydroxylation is 1. The Bertz CT molecular complexity index is 1280. The maximum absolute atomic E-state index is 16.0. The second-order valence-electron chi connectivity index (χ2n) is 11.5. The van der Waals surface area contributed by atoms with Gasteiger partial charge in [-0.1, -0.05) is 0 Å². The fourth-order valence-electron chi connectivity index (χ4n) is 4.26. The van der Waals surface area contributed by atoms with E-state index in [0.29, 0.717) is 23.6 Å². The van der Waals surface area contributed by atoms with Crippen LogP contribution in [0.15, 0.2) is 6.07 Å². The quantitative estimate of drug-likeness (QED) is 0.546. The van der Waals surface area contributed by atoms with E-state index in [4.69, 9.17) is 14.2 Å². The maximum Gasteiger partial charge on any atom is 0.417 e. The van der Waals surface area contributed by atoms with Crippen LogP contribution < -0.4 is 10.6 Å². The van der Waals surface area contributed by atoms with Crippen LogP contribution in [-0.4, -0.2) is 68.9 Å². The summed E-state index contributed by atoms with van der Waals surface area (Å²) in [4.78, 5) is 44.5. The number of halogens is 1. The fraction of sp³-hybridized carbons (Fsp3) is 0.577. The molecule has 0 saturated carbocycles. The third-order valence-electron chi connectivity index (χ3n) is 5.87. The van der Waals surface area contributed by atoms with E-state index >= 15 is 4.39 Å². The molecule has 2 aromatic heterocycles. The second-order valence-corrected chi connectivity index (χ2v) is 12.4. The summed E-state index contributed by atoms with van der Waals surface area (Å²) in [6.07, 6.45) is -1.03. The molecule has 2 aliphatic rings. The number of carbonyl (C=O) groups is 3. The Morgan fingerprint density at radius 3 is 2.46 bits per heavy atom. The summed E-state index contributed by atoms with van der Waals surface area (Å²) in [6, 6.07) is 0.776. The van der Waals surface area contributed by atoms with Gasteiger partial charge >= 0.3 is 12.2 Å². The van der Waals surface area contributed by atoms with Crippen molar-refractivity contribution in [2.75, 3.05) is 18.5 Å². The molecule has 0 bridgehead atoms. The van der Waals surface area contributed by atoms with Crippen molar-refractivity contribution in [1.29, 1.82) is 0 Å². The number of hydrogen-bond donors (Lipinski definition) is 2. The smallest absolute Gasteiger partial charge is 0.417 e. The van der Waals surface area contributed by atoms with E-state index in [-0.39, 0.29) is 35.8 Å². The molecule has 0 spiro atoms. The molecule has 2 N–H and O–H groups in total. The molecule has 11 nitrogen and oxygen atoms in total. The molecule has 4 rings (SSSR count). The molecule has 1 saturated heterocycles. The first kappa shape index (κ1) is 28.7. The number of carbonyl (C=O) groups excluding carboxylic acids is 3. The highest BCUT2D eigenvalue weighted by atomic mass is 32.1. The average Bonchev–Trinajstić information content (AvgIpc) is 3.38. The first-order valence-corrected chi connectivity index (χ1v) is 13.4. The van der Waals surface area contributed by atoms with Crippen molar-refractivity contribution in [3.8, 4) is 10.6 Å². The molecule has 1 fully saturated rings. The third-order valence-corrected chi connectivity index (χ3v) is 6.75. The number of hydrogen-bond acceptors (Lipinski definition) is 10. The summed E-state index contributed by atoms with van der Waals surface area (Å²) in [5.74, 6) is -1.54. The number of pyridine rings is 1. The van der Waals surface area contributed by atoms with Crippen LogP contribution in [-0.2, 0) is 20.8 Å². The number of nitrogens with zero attached hydrogens (tertiary/aromatic N) is 3. The van der Waals surface area contributed by atoms with E-state index in [0.717, 1.165) is 16.4 Å². The van der Waals surface area contributed by atoms with Crippen molar-refractivity contribution in [2.45, 2.75) is 84.7 Å². The summed E-state index contributed by atoms with van der Waals surface area (Å²) in [5, 5.41) is 5.90. The number of alkyl carbamates (subject to hydrolysis) is 1. The van der Waals surface area contributed by atoms with Gasteiger partial charge in [0.25, 0.3) is 5.91 Å². The highest BCUT2D eigenvalue weighted by molar-refractivity contribution is 7.09. The summed E-state index contributed by atoms with van der Waals surface area (Å²) in [7, 11) is 0. The molecule has 3 amide bonds. The Morgan fingerprint density at radius 1 is 1.15 bits per heavy atom. The van der Waals surface area contributed by atoms with Crippen molar-refractivity contribution in [3.05, 3.63) is 28.7 Å². The van der Waals surface area contributed by atoms with Gasteiger partial charge in [0, 0.05) is 12.2 Å². The van der Waals surface area contributed by atoms with Gasteiger partial charge in [-0.15, -0.1) is 0 Å². The number of anilines is 1. The zero-order chi connectivity index (χ0) is 28.7. The molecule has 13 heteroatoms. The van der Waals surface area contributed by atoms with E-state index in [1.807, 2.05) is 0 Å². The number of ether oxygens (including phenoxy) is 3. The van der Waals surface area contributed by atoms with Crippen LogP contribution in [0.1, 0.15) is 69.6 Å². The van der Waals surface area contributed by atoms with Gasteiger partial charge in [-0.2, -0.15) is 4.37 Å². The first-order chi connectivity index (χ1) is 18.1. The molecule has 0 aliphatic carbocycles. The van der Waals surface area contributed by atoms with Crippen molar-refractivity contribution in [1.82, 2.24) is 19.6 Å². The monoisotopic (exact) mass is 563 g/mol. The summed E-state index contributed by atoms with van der Waals surface area (Å²) < 4.78 is 36.6. The molecule has 0 radical (unpaired) electrons. The van der Waals surface area contributed by atoms with E-state index in [1.54, 1.807) is 54.5 Å². The highest BCUT2D eigenvalue weighted by Crippen LogP contribution is 2.38. The summed E-state index contributed by atoms with van der Waals surface area (Å²) in [5.41, 5.74) is -0.558. The van der Waals surface area contributed by atoms with Crippen LogP contribution in [0.4, 0.5) is 19.8 Å². The van der Waals surface area contributed by atoms with Crippen LogP contribution in [0, 0.1) is 12.7 Å². The van der Waals surface area contributed by atoms with Gasteiger partial charge in [0.1, 0.15) is 11.2 Å². The van der Waals surface area contributed by atoms with Crippen molar-refractivity contribution in [3.63, 3.8) is 0 Å². The van der Waals surface area contributed by atoms with Crippen LogP contribution in [0.3, 0.4) is 0 Å². The Kier molecular flexibility index (Phi) is 7.86. The van der Waals surface area contributed by atoms with Crippen LogP contribution in [0.2, 0.25) is 0 Å². The maximum atomic E-state index is 16.0. The number of rotatable bonds is 4. The minimum atomic E-state index is -0.866. The minimum Gasteiger partial charge on any atom is -0.444 e. The molecule has 2 aromatic rings. The Balaban J connectivity index is 1.68. The highest BCUT2D eigenvalue weighted by Gasteiger charge is 2.41. The minimum absolute atomic E-state index is 0.00275. The van der Waals surface area contributed by atoms with E-state index in [1.165, 1.54) is 0 Å². The molecular weight excluding hydrogens is 529 g/mol. The average molecular weight is 564 g/mol. The van der Waals surface area contributed by atoms with Crippen molar-refractivity contribution in [2.24, 2.45) is 0 Å². The number of aromatic nitrogens is 2. The normalized spacial score (nSPS) is 19.5. The lowest BCUT2D eigenvalue weighted by Gasteiger charge is -2.33. The van der Waals surface area contributed by atoms with E-state index in [2.05, 4.69) is 20.0 Å². The molecule has 4 heterocycles. The lowest BCUT2D eigenvalue weighted by Crippen LogP contribution is -2.53. The van der Waals surface area contributed by atoms with Gasteiger partial charge in [0.2, 0.25) is 0 Å². The lowest BCUT2D eigenvalue weighted by molar-refractivity contribution is 0.0246. The molecule has 212 valence electrons. The van der Waals surface area contributed by atoms with Gasteiger partial charge in [0.05, 0.1) is 47.1 Å². The summed E-state index contributed by atoms with van der Waals surface area (Å²) in [6.45, 7) is 12.4. The second kappa shape index (κ2) is 10.7.